The molecule has 0 heterocycles. The summed E-state index contributed by atoms with van der Waals surface area (Å²) in [6.07, 6.45) is 0. The van der Waals surface area contributed by atoms with Crippen LogP contribution in [-0.2, 0) is 0 Å². The Morgan fingerprint density at radius 2 is 1.24 bits per heavy atom. The Balaban J connectivity index is 1.57. The predicted molar refractivity (Wildman–Crippen MR) is 131 cm³/mol. The quantitative estimate of drug-likeness (QED) is 0.169. The minimum absolute atomic E-state index is 0.0114. The number of nitro groups is 1. The monoisotopic (exact) mass is 454 g/mol. The molecule has 4 aromatic rings. The minimum atomic E-state index is -0.451. The van der Waals surface area contributed by atoms with Gasteiger partial charge in [-0.15, -0.1) is 0 Å². The number of anilines is 3. The maximum Gasteiger partial charge on any atom is 0.269 e. The third-order valence-electron chi connectivity index (χ3n) is 4.92. The average molecular weight is 454 g/mol. The van der Waals surface area contributed by atoms with E-state index in [1.54, 1.807) is 12.1 Å². The summed E-state index contributed by atoms with van der Waals surface area (Å²) in [5.74, 6) is 0.688. The van der Waals surface area contributed by atoms with Crippen molar-refractivity contribution in [3.8, 4) is 5.75 Å². The van der Waals surface area contributed by atoms with E-state index in [0.29, 0.717) is 17.1 Å². The van der Waals surface area contributed by atoms with Crippen molar-refractivity contribution in [2.24, 2.45) is 10.2 Å². The SMILES string of the molecule is O=[N+]([O-])c1ccc(N=Nc2ccc(N(c3ccccc3)c3ccc(OCCO)cc3)cc2)cc1. The number of nitrogens with zero attached hydrogens (tertiary/aromatic N) is 4. The zero-order chi connectivity index (χ0) is 23.8. The minimum Gasteiger partial charge on any atom is -0.491 e. The van der Waals surface area contributed by atoms with Crippen LogP contribution in [0.1, 0.15) is 0 Å². The molecule has 34 heavy (non-hydrogen) atoms. The first-order valence-corrected chi connectivity index (χ1v) is 10.6. The largest absolute Gasteiger partial charge is 0.491 e. The average Bonchev–Trinajstić information content (AvgIpc) is 2.89. The first kappa shape index (κ1) is 22.6. The molecule has 0 amide bonds. The fourth-order valence-electron chi connectivity index (χ4n) is 3.30. The van der Waals surface area contributed by atoms with E-state index in [1.807, 2.05) is 78.9 Å². The van der Waals surface area contributed by atoms with E-state index in [-0.39, 0.29) is 18.9 Å². The molecule has 0 unspecified atom stereocenters. The molecular formula is C26H22N4O4. The third-order valence-corrected chi connectivity index (χ3v) is 4.92. The lowest BCUT2D eigenvalue weighted by Crippen LogP contribution is -2.09. The highest BCUT2D eigenvalue weighted by atomic mass is 16.6. The normalized spacial score (nSPS) is 10.9. The van der Waals surface area contributed by atoms with Gasteiger partial charge in [-0.3, -0.25) is 10.1 Å². The Bertz CT molecular complexity index is 1240. The number of benzene rings is 4. The lowest BCUT2D eigenvalue weighted by molar-refractivity contribution is -0.384. The van der Waals surface area contributed by atoms with Crippen molar-refractivity contribution in [3.05, 3.63) is 113 Å². The van der Waals surface area contributed by atoms with Crippen LogP contribution in [-0.4, -0.2) is 23.2 Å². The molecule has 0 spiro atoms. The number of aliphatic hydroxyl groups excluding tert-OH is 1. The third kappa shape index (κ3) is 5.62. The van der Waals surface area contributed by atoms with E-state index in [1.165, 1.54) is 12.1 Å². The van der Waals surface area contributed by atoms with Crippen LogP contribution in [0.4, 0.5) is 34.1 Å². The molecule has 0 bridgehead atoms. The molecule has 0 radical (unpaired) electrons. The highest BCUT2D eigenvalue weighted by molar-refractivity contribution is 5.77. The van der Waals surface area contributed by atoms with Gasteiger partial charge in [-0.2, -0.15) is 10.2 Å². The van der Waals surface area contributed by atoms with Crippen molar-refractivity contribution in [2.45, 2.75) is 0 Å². The second-order valence-corrected chi connectivity index (χ2v) is 7.23. The molecular weight excluding hydrogens is 432 g/mol. The molecule has 4 aromatic carbocycles. The molecule has 8 heteroatoms. The van der Waals surface area contributed by atoms with Crippen LogP contribution in [0, 0.1) is 10.1 Å². The van der Waals surface area contributed by atoms with Crippen molar-refractivity contribution < 1.29 is 14.8 Å². The van der Waals surface area contributed by atoms with Crippen LogP contribution in [0.25, 0.3) is 0 Å². The number of hydrogen-bond donors (Lipinski definition) is 1. The molecule has 0 aromatic heterocycles. The van der Waals surface area contributed by atoms with Gasteiger partial charge in [0, 0.05) is 29.2 Å². The molecule has 0 saturated heterocycles. The number of nitro benzene ring substituents is 1. The summed E-state index contributed by atoms with van der Waals surface area (Å²) >= 11 is 0. The van der Waals surface area contributed by atoms with Gasteiger partial charge >= 0.3 is 0 Å². The zero-order valence-electron chi connectivity index (χ0n) is 18.2. The summed E-state index contributed by atoms with van der Waals surface area (Å²) in [6.45, 7) is 0.212. The Kier molecular flexibility index (Phi) is 7.22. The Labute approximate surface area is 196 Å². The van der Waals surface area contributed by atoms with Gasteiger partial charge in [0.1, 0.15) is 12.4 Å². The van der Waals surface area contributed by atoms with E-state index >= 15 is 0 Å². The van der Waals surface area contributed by atoms with Crippen molar-refractivity contribution in [2.75, 3.05) is 18.1 Å². The number of non-ortho nitro benzene ring substituents is 1. The summed E-state index contributed by atoms with van der Waals surface area (Å²) in [7, 11) is 0. The van der Waals surface area contributed by atoms with Gasteiger partial charge in [0.05, 0.1) is 22.9 Å². The summed E-state index contributed by atoms with van der Waals surface area (Å²) < 4.78 is 5.47. The summed E-state index contributed by atoms with van der Waals surface area (Å²) in [6, 6.07) is 31.2. The van der Waals surface area contributed by atoms with E-state index in [4.69, 9.17) is 9.84 Å². The van der Waals surface area contributed by atoms with E-state index in [2.05, 4.69) is 15.1 Å². The lowest BCUT2D eigenvalue weighted by Gasteiger charge is -2.25. The van der Waals surface area contributed by atoms with Gasteiger partial charge in [-0.1, -0.05) is 18.2 Å². The Hall–Kier alpha value is -4.56. The molecule has 170 valence electrons. The number of azo groups is 1. The number of para-hydroxylation sites is 1. The van der Waals surface area contributed by atoms with Crippen molar-refractivity contribution in [3.63, 3.8) is 0 Å². The Morgan fingerprint density at radius 3 is 1.76 bits per heavy atom. The van der Waals surface area contributed by atoms with Crippen LogP contribution >= 0.6 is 0 Å². The standard InChI is InChI=1S/C26H22N4O4/c31-18-19-34-26-16-14-24(15-17-26)29(22-4-2-1-3-5-22)23-10-6-20(7-11-23)27-28-21-8-12-25(13-9-21)30(32)33/h1-17,31H,18-19H2. The molecule has 0 aliphatic carbocycles. The molecule has 8 nitrogen and oxygen atoms in total. The smallest absolute Gasteiger partial charge is 0.269 e. The molecule has 0 atom stereocenters. The fourth-order valence-corrected chi connectivity index (χ4v) is 3.30. The molecule has 4 rings (SSSR count). The van der Waals surface area contributed by atoms with Crippen LogP contribution in [0.2, 0.25) is 0 Å². The van der Waals surface area contributed by atoms with Crippen LogP contribution in [0.3, 0.4) is 0 Å². The number of hydrogen-bond acceptors (Lipinski definition) is 7. The molecule has 0 aliphatic heterocycles. The van der Waals surface area contributed by atoms with Crippen LogP contribution < -0.4 is 9.64 Å². The maximum atomic E-state index is 10.8. The van der Waals surface area contributed by atoms with Gasteiger partial charge < -0.3 is 14.7 Å². The number of ether oxygens (including phenoxy) is 1. The second-order valence-electron chi connectivity index (χ2n) is 7.23. The van der Waals surface area contributed by atoms with Crippen LogP contribution in [0.15, 0.2) is 113 Å². The molecule has 0 saturated carbocycles. The highest BCUT2D eigenvalue weighted by Crippen LogP contribution is 2.36. The van der Waals surface area contributed by atoms with Crippen molar-refractivity contribution in [1.29, 1.82) is 0 Å². The van der Waals surface area contributed by atoms with Gasteiger partial charge in [-0.05, 0) is 72.8 Å². The molecule has 1 N–H and O–H groups in total. The molecule has 0 fully saturated rings. The summed E-state index contributed by atoms with van der Waals surface area (Å²) in [4.78, 5) is 12.4. The van der Waals surface area contributed by atoms with Crippen molar-refractivity contribution in [1.82, 2.24) is 0 Å². The van der Waals surface area contributed by atoms with Gasteiger partial charge in [0.2, 0.25) is 0 Å². The van der Waals surface area contributed by atoms with Gasteiger partial charge in [-0.25, -0.2) is 0 Å². The number of aliphatic hydroxyl groups is 1. The zero-order valence-corrected chi connectivity index (χ0v) is 18.2. The first-order chi connectivity index (χ1) is 16.6. The fraction of sp³-hybridized carbons (Fsp3) is 0.0769. The topological polar surface area (TPSA) is 101 Å². The van der Waals surface area contributed by atoms with Crippen LogP contribution in [0.5, 0.6) is 5.75 Å². The summed E-state index contributed by atoms with van der Waals surface area (Å²) in [5.41, 5.74) is 4.07. The van der Waals surface area contributed by atoms with Crippen molar-refractivity contribution >= 4 is 34.1 Å². The highest BCUT2D eigenvalue weighted by Gasteiger charge is 2.12. The lowest BCUT2D eigenvalue weighted by atomic mass is 10.2. The second kappa shape index (κ2) is 10.8. The van der Waals surface area contributed by atoms with Gasteiger partial charge in [0.15, 0.2) is 0 Å². The molecule has 0 aliphatic rings. The Morgan fingerprint density at radius 1 is 0.735 bits per heavy atom. The summed E-state index contributed by atoms with van der Waals surface area (Å²) in [5, 5.41) is 28.1. The van der Waals surface area contributed by atoms with E-state index in [0.717, 1.165) is 17.1 Å². The van der Waals surface area contributed by atoms with E-state index in [9.17, 15) is 10.1 Å². The maximum absolute atomic E-state index is 10.8. The van der Waals surface area contributed by atoms with Gasteiger partial charge in [0.25, 0.3) is 5.69 Å². The van der Waals surface area contributed by atoms with E-state index < -0.39 is 4.92 Å². The predicted octanol–water partition coefficient (Wildman–Crippen LogP) is 6.85. The first-order valence-electron chi connectivity index (χ1n) is 10.6. The number of rotatable bonds is 9.